The van der Waals surface area contributed by atoms with Crippen molar-refractivity contribution in [1.29, 1.82) is 0 Å². The van der Waals surface area contributed by atoms with Crippen molar-refractivity contribution in [3.05, 3.63) is 17.1 Å². The summed E-state index contributed by atoms with van der Waals surface area (Å²) in [7, 11) is -0.155. The van der Waals surface area contributed by atoms with E-state index < -0.39 is 15.9 Å². The number of aryl methyl sites for hydroxylation is 1. The van der Waals surface area contributed by atoms with Crippen LogP contribution in [-0.2, 0) is 15.6 Å². The van der Waals surface area contributed by atoms with Crippen LogP contribution in [0.1, 0.15) is 17.1 Å². The lowest BCUT2D eigenvalue weighted by Crippen LogP contribution is -2.26. The third kappa shape index (κ3) is 4.47. The van der Waals surface area contributed by atoms with Crippen LogP contribution in [0.5, 0.6) is 5.88 Å². The Balaban J connectivity index is 3.14. The normalized spacial score (nSPS) is 11.2. The van der Waals surface area contributed by atoms with E-state index in [0.717, 1.165) is 6.26 Å². The zero-order valence-corrected chi connectivity index (χ0v) is 12.4. The van der Waals surface area contributed by atoms with Gasteiger partial charge in [-0.25, -0.2) is 18.2 Å². The molecule has 0 aliphatic rings. The molecule has 106 valence electrons. The van der Waals surface area contributed by atoms with Crippen molar-refractivity contribution in [3.63, 3.8) is 0 Å². The van der Waals surface area contributed by atoms with Crippen molar-refractivity contribution in [2.45, 2.75) is 19.6 Å². The topological polar surface area (TPSA) is 89.5 Å². The van der Waals surface area contributed by atoms with E-state index in [4.69, 9.17) is 4.74 Å². The maximum atomic E-state index is 11.5. The molecule has 8 heteroatoms. The minimum atomic E-state index is -3.24. The molecule has 0 aromatic carbocycles. The Morgan fingerprint density at radius 2 is 1.84 bits per heavy atom. The number of hydrogen-bond acceptors (Lipinski definition) is 6. The number of amides is 1. The lowest BCUT2D eigenvalue weighted by Gasteiger charge is -2.13. The summed E-state index contributed by atoms with van der Waals surface area (Å²) in [6, 6.07) is 0. The fraction of sp³-hybridized carbons (Fsp3) is 0.545. The highest BCUT2D eigenvalue weighted by Crippen LogP contribution is 2.18. The van der Waals surface area contributed by atoms with Crippen LogP contribution in [0.3, 0.4) is 0 Å². The second-order valence-electron chi connectivity index (χ2n) is 4.49. The fourth-order valence-corrected chi connectivity index (χ4v) is 1.83. The van der Waals surface area contributed by atoms with E-state index in [1.807, 2.05) is 0 Å². The lowest BCUT2D eigenvalue weighted by molar-refractivity contribution is 0.169. The fourth-order valence-electron chi connectivity index (χ4n) is 1.23. The van der Waals surface area contributed by atoms with Gasteiger partial charge in [-0.2, -0.15) is 4.98 Å². The standard InChI is InChI=1S/C11H17N3O4S/c1-7-8(2)12-9(6-19(5,16)17)13-10(7)18-11(15)14(3)4/h6H2,1-5H3. The van der Waals surface area contributed by atoms with E-state index >= 15 is 0 Å². The van der Waals surface area contributed by atoms with Gasteiger partial charge in [0.05, 0.1) is 0 Å². The Morgan fingerprint density at radius 3 is 2.32 bits per heavy atom. The maximum absolute atomic E-state index is 11.5. The van der Waals surface area contributed by atoms with Gasteiger partial charge in [0.15, 0.2) is 9.84 Å². The van der Waals surface area contributed by atoms with Gasteiger partial charge < -0.3 is 9.64 Å². The Bertz CT molecular complexity index is 596. The van der Waals surface area contributed by atoms with E-state index in [-0.39, 0.29) is 17.5 Å². The average molecular weight is 287 g/mol. The van der Waals surface area contributed by atoms with Crippen molar-refractivity contribution in [1.82, 2.24) is 14.9 Å². The van der Waals surface area contributed by atoms with Crippen LogP contribution in [0, 0.1) is 13.8 Å². The van der Waals surface area contributed by atoms with Crippen LogP contribution in [-0.4, -0.2) is 49.7 Å². The zero-order chi connectivity index (χ0) is 14.8. The van der Waals surface area contributed by atoms with Crippen molar-refractivity contribution in [2.75, 3.05) is 20.4 Å². The molecule has 0 N–H and O–H groups in total. The first-order valence-electron chi connectivity index (χ1n) is 5.51. The molecule has 0 fully saturated rings. The number of rotatable bonds is 3. The van der Waals surface area contributed by atoms with Gasteiger partial charge in [-0.3, -0.25) is 0 Å². The van der Waals surface area contributed by atoms with Crippen LogP contribution in [0.2, 0.25) is 0 Å². The number of hydrogen-bond donors (Lipinski definition) is 0. The molecule has 1 heterocycles. The predicted molar refractivity (Wildman–Crippen MR) is 69.8 cm³/mol. The van der Waals surface area contributed by atoms with Gasteiger partial charge in [-0.05, 0) is 13.8 Å². The molecule has 0 unspecified atom stereocenters. The molecule has 0 saturated heterocycles. The molecule has 0 atom stereocenters. The molecule has 1 rings (SSSR count). The highest BCUT2D eigenvalue weighted by atomic mass is 32.2. The molecule has 0 bridgehead atoms. The molecular formula is C11H17N3O4S. The number of ether oxygens (including phenoxy) is 1. The molecule has 1 aromatic heterocycles. The summed E-state index contributed by atoms with van der Waals surface area (Å²) in [6.07, 6.45) is 0.517. The van der Waals surface area contributed by atoms with Crippen molar-refractivity contribution < 1.29 is 17.9 Å². The number of nitrogens with zero attached hydrogens (tertiary/aromatic N) is 3. The third-order valence-corrected chi connectivity index (χ3v) is 3.11. The predicted octanol–water partition coefficient (Wildman–Crippen LogP) is 0.698. The van der Waals surface area contributed by atoms with Gasteiger partial charge in [0.25, 0.3) is 0 Å². The van der Waals surface area contributed by atoms with Crippen LogP contribution < -0.4 is 4.74 Å². The molecule has 0 spiro atoms. The van der Waals surface area contributed by atoms with E-state index in [9.17, 15) is 13.2 Å². The number of carbonyl (C=O) groups is 1. The molecule has 0 aliphatic heterocycles. The van der Waals surface area contributed by atoms with Crippen molar-refractivity contribution in [2.24, 2.45) is 0 Å². The molecule has 0 aliphatic carbocycles. The van der Waals surface area contributed by atoms with Gasteiger partial charge in [0, 0.05) is 31.6 Å². The van der Waals surface area contributed by atoms with Crippen LogP contribution >= 0.6 is 0 Å². The van der Waals surface area contributed by atoms with Gasteiger partial charge in [-0.15, -0.1) is 0 Å². The van der Waals surface area contributed by atoms with Crippen molar-refractivity contribution in [3.8, 4) is 5.88 Å². The molecule has 1 amide bonds. The summed E-state index contributed by atoms with van der Waals surface area (Å²) in [5.41, 5.74) is 1.18. The summed E-state index contributed by atoms with van der Waals surface area (Å²) < 4.78 is 27.6. The average Bonchev–Trinajstić information content (AvgIpc) is 2.22. The summed E-state index contributed by atoms with van der Waals surface area (Å²) in [5.74, 6) is -0.0855. The van der Waals surface area contributed by atoms with Crippen LogP contribution in [0.25, 0.3) is 0 Å². The molecular weight excluding hydrogens is 270 g/mol. The van der Waals surface area contributed by atoms with E-state index in [0.29, 0.717) is 11.3 Å². The number of sulfone groups is 1. The highest BCUT2D eigenvalue weighted by Gasteiger charge is 2.16. The smallest absolute Gasteiger partial charge is 0.391 e. The van der Waals surface area contributed by atoms with Gasteiger partial charge in [-0.1, -0.05) is 0 Å². The Hall–Kier alpha value is -1.70. The summed E-state index contributed by atoms with van der Waals surface area (Å²) in [4.78, 5) is 20.8. The first-order chi connectivity index (χ1) is 8.60. The maximum Gasteiger partial charge on any atom is 0.416 e. The summed E-state index contributed by atoms with van der Waals surface area (Å²) >= 11 is 0. The van der Waals surface area contributed by atoms with Gasteiger partial charge in [0.1, 0.15) is 11.6 Å². The number of aromatic nitrogens is 2. The second kappa shape index (κ2) is 5.52. The first kappa shape index (κ1) is 15.4. The molecule has 0 radical (unpaired) electrons. The number of carbonyl (C=O) groups excluding carboxylic acids is 1. The first-order valence-corrected chi connectivity index (χ1v) is 7.57. The minimum Gasteiger partial charge on any atom is -0.391 e. The summed E-state index contributed by atoms with van der Waals surface area (Å²) in [5, 5.41) is 0. The van der Waals surface area contributed by atoms with Gasteiger partial charge in [0.2, 0.25) is 5.88 Å². The molecule has 7 nitrogen and oxygen atoms in total. The van der Waals surface area contributed by atoms with Gasteiger partial charge >= 0.3 is 6.09 Å². The van der Waals surface area contributed by atoms with Crippen LogP contribution in [0.15, 0.2) is 0 Å². The highest BCUT2D eigenvalue weighted by molar-refractivity contribution is 7.89. The monoisotopic (exact) mass is 287 g/mol. The lowest BCUT2D eigenvalue weighted by atomic mass is 10.2. The molecule has 0 saturated carbocycles. The molecule has 19 heavy (non-hydrogen) atoms. The SMILES string of the molecule is Cc1nc(CS(C)(=O)=O)nc(OC(=O)N(C)C)c1C. The third-order valence-electron chi connectivity index (χ3n) is 2.33. The largest absolute Gasteiger partial charge is 0.416 e. The molecule has 1 aromatic rings. The Morgan fingerprint density at radius 1 is 1.26 bits per heavy atom. The Kier molecular flexibility index (Phi) is 4.46. The Labute approximate surface area is 112 Å². The minimum absolute atomic E-state index is 0.0878. The quantitative estimate of drug-likeness (QED) is 0.813. The van der Waals surface area contributed by atoms with E-state index in [2.05, 4.69) is 9.97 Å². The van der Waals surface area contributed by atoms with E-state index in [1.165, 1.54) is 4.90 Å². The zero-order valence-electron chi connectivity index (χ0n) is 11.6. The summed E-state index contributed by atoms with van der Waals surface area (Å²) in [6.45, 7) is 3.41. The second-order valence-corrected chi connectivity index (χ2v) is 6.63. The van der Waals surface area contributed by atoms with Crippen molar-refractivity contribution >= 4 is 15.9 Å². The van der Waals surface area contributed by atoms with E-state index in [1.54, 1.807) is 27.9 Å². The van der Waals surface area contributed by atoms with Crippen LogP contribution in [0.4, 0.5) is 4.79 Å².